The fraction of sp³-hybridized carbons (Fsp3) is 0.235. The van der Waals surface area contributed by atoms with E-state index in [1.54, 1.807) is 30.3 Å². The van der Waals surface area contributed by atoms with Crippen LogP contribution in [0.4, 0.5) is 13.2 Å². The number of hydrogen-bond donors (Lipinski definition) is 0. The highest BCUT2D eigenvalue weighted by atomic mass is 35.5. The first kappa shape index (κ1) is 17.3. The Balaban J connectivity index is 0.000000229. The monoisotopic (exact) mass is 342 g/mol. The minimum Gasteiger partial charge on any atom is -0.452 e. The number of halogens is 4. The van der Waals surface area contributed by atoms with Crippen LogP contribution in [0.25, 0.3) is 0 Å². The van der Waals surface area contributed by atoms with E-state index in [-0.39, 0.29) is 6.42 Å². The van der Waals surface area contributed by atoms with E-state index < -0.39 is 24.2 Å². The van der Waals surface area contributed by atoms with Gasteiger partial charge in [0.2, 0.25) is 6.10 Å². The highest BCUT2D eigenvalue weighted by Gasteiger charge is 2.52. The molecule has 0 bridgehead atoms. The average molecular weight is 343 g/mol. The number of carbonyl (C=O) groups is 1. The normalized spacial score (nSPS) is 20.4. The summed E-state index contributed by atoms with van der Waals surface area (Å²) in [5.74, 6) is -1.72. The lowest BCUT2D eigenvalue weighted by Crippen LogP contribution is -2.32. The Labute approximate surface area is 136 Å². The van der Waals surface area contributed by atoms with E-state index in [1.807, 2.05) is 30.3 Å². The van der Waals surface area contributed by atoms with Crippen LogP contribution in [0.3, 0.4) is 0 Å². The molecule has 0 saturated carbocycles. The first-order valence-electron chi connectivity index (χ1n) is 6.89. The Hall–Kier alpha value is -2.01. The maximum atomic E-state index is 12.6. The summed E-state index contributed by atoms with van der Waals surface area (Å²) in [4.78, 5) is 11.0. The molecule has 23 heavy (non-hydrogen) atoms. The van der Waals surface area contributed by atoms with Gasteiger partial charge in [-0.2, -0.15) is 13.2 Å². The van der Waals surface area contributed by atoms with Crippen LogP contribution in [-0.2, 0) is 9.53 Å². The van der Waals surface area contributed by atoms with Gasteiger partial charge in [-0.05, 0) is 17.7 Å². The Kier molecular flexibility index (Phi) is 5.66. The van der Waals surface area contributed by atoms with Crippen LogP contribution in [0, 0.1) is 0 Å². The third kappa shape index (κ3) is 4.99. The summed E-state index contributed by atoms with van der Waals surface area (Å²) in [5, 5.41) is 0.794. The van der Waals surface area contributed by atoms with Gasteiger partial charge in [-0.1, -0.05) is 60.1 Å². The lowest BCUT2D eigenvalue weighted by molar-refractivity contribution is -0.212. The second-order valence-corrected chi connectivity index (χ2v) is 5.41. The van der Waals surface area contributed by atoms with E-state index in [2.05, 4.69) is 4.74 Å². The SMILES string of the molecule is Clc1ccccc1.O=C1CC(c2ccccc2)C(C(F)(F)F)O1. The van der Waals surface area contributed by atoms with Gasteiger partial charge in [-0.25, -0.2) is 0 Å². The van der Waals surface area contributed by atoms with Crippen LogP contribution in [0.1, 0.15) is 17.9 Å². The van der Waals surface area contributed by atoms with E-state index in [0.717, 1.165) is 5.02 Å². The molecule has 0 N–H and O–H groups in total. The maximum absolute atomic E-state index is 12.6. The zero-order valence-electron chi connectivity index (χ0n) is 12.0. The smallest absolute Gasteiger partial charge is 0.426 e. The molecule has 1 aliphatic rings. The molecule has 0 amide bonds. The second kappa shape index (κ2) is 7.51. The summed E-state index contributed by atoms with van der Waals surface area (Å²) in [5.41, 5.74) is 0.482. The predicted octanol–water partition coefficient (Wildman–Crippen LogP) is 4.99. The van der Waals surface area contributed by atoms with Crippen molar-refractivity contribution in [3.05, 3.63) is 71.2 Å². The van der Waals surface area contributed by atoms with Crippen LogP contribution in [0.5, 0.6) is 0 Å². The van der Waals surface area contributed by atoms with Crippen molar-refractivity contribution in [2.75, 3.05) is 0 Å². The number of ether oxygens (including phenoxy) is 1. The first-order valence-corrected chi connectivity index (χ1v) is 7.27. The molecule has 3 rings (SSSR count). The third-order valence-corrected chi connectivity index (χ3v) is 3.55. The standard InChI is InChI=1S/C11H9F3O2.C6H5Cl/c12-11(13,14)10-8(6-9(15)16-10)7-4-2-1-3-5-7;7-6-4-2-1-3-5-6/h1-5,8,10H,6H2;1-5H. The predicted molar refractivity (Wildman–Crippen MR) is 81.2 cm³/mol. The Morgan fingerprint density at radius 1 is 0.957 bits per heavy atom. The van der Waals surface area contributed by atoms with Crippen molar-refractivity contribution in [1.82, 2.24) is 0 Å². The fourth-order valence-corrected chi connectivity index (χ4v) is 2.41. The first-order chi connectivity index (χ1) is 10.9. The number of hydrogen-bond acceptors (Lipinski definition) is 2. The van der Waals surface area contributed by atoms with Crippen molar-refractivity contribution in [3.8, 4) is 0 Å². The molecule has 0 aromatic heterocycles. The summed E-state index contributed by atoms with van der Waals surface area (Å²) in [7, 11) is 0. The van der Waals surface area contributed by atoms with Crippen molar-refractivity contribution in [1.29, 1.82) is 0 Å². The van der Waals surface area contributed by atoms with Gasteiger partial charge in [-0.3, -0.25) is 4.79 Å². The molecule has 2 atom stereocenters. The minimum absolute atomic E-state index is 0.214. The van der Waals surface area contributed by atoms with Gasteiger partial charge in [0.25, 0.3) is 0 Å². The van der Waals surface area contributed by atoms with Gasteiger partial charge in [0.05, 0.1) is 6.42 Å². The molecular weight excluding hydrogens is 329 g/mol. The molecule has 0 radical (unpaired) electrons. The van der Waals surface area contributed by atoms with Crippen LogP contribution in [0.2, 0.25) is 5.02 Å². The molecule has 2 nitrogen and oxygen atoms in total. The quantitative estimate of drug-likeness (QED) is 0.683. The number of benzene rings is 2. The number of esters is 1. The molecular formula is C17H14ClF3O2. The molecule has 1 fully saturated rings. The van der Waals surface area contributed by atoms with Crippen molar-refractivity contribution >= 4 is 17.6 Å². The molecule has 0 spiro atoms. The van der Waals surface area contributed by atoms with E-state index in [1.165, 1.54) is 0 Å². The molecule has 2 aromatic rings. The molecule has 2 unspecified atom stereocenters. The number of rotatable bonds is 1. The maximum Gasteiger partial charge on any atom is 0.426 e. The van der Waals surface area contributed by atoms with Crippen LogP contribution in [0.15, 0.2) is 60.7 Å². The third-order valence-electron chi connectivity index (χ3n) is 3.29. The van der Waals surface area contributed by atoms with Crippen molar-refractivity contribution in [3.63, 3.8) is 0 Å². The molecule has 1 saturated heterocycles. The van der Waals surface area contributed by atoms with Gasteiger partial charge in [0, 0.05) is 10.9 Å². The minimum atomic E-state index is -4.51. The average Bonchev–Trinajstić information content (AvgIpc) is 2.92. The zero-order valence-corrected chi connectivity index (χ0v) is 12.7. The summed E-state index contributed by atoms with van der Waals surface area (Å²) in [6.45, 7) is 0. The summed E-state index contributed by atoms with van der Waals surface area (Å²) in [6.07, 6.45) is -6.73. The van der Waals surface area contributed by atoms with E-state index in [0.29, 0.717) is 5.56 Å². The largest absolute Gasteiger partial charge is 0.452 e. The van der Waals surface area contributed by atoms with E-state index in [9.17, 15) is 18.0 Å². The van der Waals surface area contributed by atoms with Gasteiger partial charge in [0.15, 0.2) is 0 Å². The topological polar surface area (TPSA) is 26.3 Å². The lowest BCUT2D eigenvalue weighted by Gasteiger charge is -2.20. The van der Waals surface area contributed by atoms with Gasteiger partial charge >= 0.3 is 12.1 Å². The molecule has 1 heterocycles. The van der Waals surface area contributed by atoms with Gasteiger partial charge < -0.3 is 4.74 Å². The number of cyclic esters (lactones) is 1. The van der Waals surface area contributed by atoms with Gasteiger partial charge in [0.1, 0.15) is 0 Å². The van der Waals surface area contributed by atoms with Gasteiger partial charge in [-0.15, -0.1) is 0 Å². The Morgan fingerprint density at radius 2 is 1.48 bits per heavy atom. The molecule has 122 valence electrons. The highest BCUT2D eigenvalue weighted by molar-refractivity contribution is 6.30. The van der Waals surface area contributed by atoms with Crippen molar-refractivity contribution < 1.29 is 22.7 Å². The molecule has 1 aliphatic heterocycles. The number of alkyl halides is 3. The Bertz CT molecular complexity index is 629. The summed E-state index contributed by atoms with van der Waals surface area (Å²) in [6, 6.07) is 17.6. The van der Waals surface area contributed by atoms with Crippen LogP contribution in [-0.4, -0.2) is 18.2 Å². The lowest BCUT2D eigenvalue weighted by atomic mass is 9.92. The van der Waals surface area contributed by atoms with Crippen LogP contribution >= 0.6 is 11.6 Å². The summed E-state index contributed by atoms with van der Waals surface area (Å²) >= 11 is 5.54. The second-order valence-electron chi connectivity index (χ2n) is 4.97. The van der Waals surface area contributed by atoms with Crippen molar-refractivity contribution in [2.45, 2.75) is 24.6 Å². The van der Waals surface area contributed by atoms with E-state index >= 15 is 0 Å². The molecule has 6 heteroatoms. The molecule has 0 aliphatic carbocycles. The number of carbonyl (C=O) groups excluding carboxylic acids is 1. The van der Waals surface area contributed by atoms with E-state index in [4.69, 9.17) is 11.6 Å². The van der Waals surface area contributed by atoms with Crippen molar-refractivity contribution in [2.24, 2.45) is 0 Å². The Morgan fingerprint density at radius 3 is 1.91 bits per heavy atom. The summed E-state index contributed by atoms with van der Waals surface area (Å²) < 4.78 is 42.1. The zero-order chi connectivity index (χ0) is 16.9. The highest BCUT2D eigenvalue weighted by Crippen LogP contribution is 2.40. The van der Waals surface area contributed by atoms with Crippen LogP contribution < -0.4 is 0 Å². The fourth-order valence-electron chi connectivity index (χ4n) is 2.26. The molecule has 2 aromatic carbocycles.